The smallest absolute Gasteiger partial charge is 0.200 e. The molecule has 4 rings (SSSR count). The Morgan fingerprint density at radius 2 is 1.85 bits per heavy atom. The van der Waals surface area contributed by atoms with E-state index >= 15 is 0 Å². The maximum Gasteiger partial charge on any atom is 0.200 e. The SMILES string of the molecule is CCN1CC[NH+](Cc2c([O-])ccc3c(=O)c(-c4ccccc4)coc23)CC1. The number of benzene rings is 2. The van der Waals surface area contributed by atoms with Gasteiger partial charge in [-0.3, -0.25) is 9.69 Å². The molecule has 0 radical (unpaired) electrons. The lowest BCUT2D eigenvalue weighted by Crippen LogP contribution is -3.13. The van der Waals surface area contributed by atoms with E-state index in [-0.39, 0.29) is 11.2 Å². The Kier molecular flexibility index (Phi) is 4.97. The van der Waals surface area contributed by atoms with Crippen molar-refractivity contribution in [2.45, 2.75) is 13.5 Å². The molecule has 1 aromatic heterocycles. The number of hydrogen-bond donors (Lipinski definition) is 1. The second-order valence-electron chi connectivity index (χ2n) is 7.12. The third-order valence-corrected chi connectivity index (χ3v) is 5.52. The molecule has 5 heteroatoms. The molecule has 27 heavy (non-hydrogen) atoms. The van der Waals surface area contributed by atoms with Crippen LogP contribution in [0.25, 0.3) is 22.1 Å². The van der Waals surface area contributed by atoms with Gasteiger partial charge < -0.3 is 14.4 Å². The molecule has 3 aromatic rings. The molecule has 1 fully saturated rings. The van der Waals surface area contributed by atoms with Gasteiger partial charge >= 0.3 is 0 Å². The highest BCUT2D eigenvalue weighted by molar-refractivity contribution is 5.85. The average Bonchev–Trinajstić information content (AvgIpc) is 2.71. The van der Waals surface area contributed by atoms with Gasteiger partial charge in [0, 0.05) is 18.7 Å². The summed E-state index contributed by atoms with van der Waals surface area (Å²) in [5.74, 6) is -0.0523. The van der Waals surface area contributed by atoms with Crippen molar-refractivity contribution in [1.82, 2.24) is 4.90 Å². The van der Waals surface area contributed by atoms with Gasteiger partial charge in [-0.05, 0) is 18.2 Å². The van der Waals surface area contributed by atoms with Crippen LogP contribution in [0.15, 0.2) is 57.9 Å². The molecule has 140 valence electrons. The Morgan fingerprint density at radius 3 is 2.56 bits per heavy atom. The number of likely N-dealkylation sites (N-methyl/N-ethyl adjacent to an activating group) is 1. The molecule has 5 nitrogen and oxygen atoms in total. The van der Waals surface area contributed by atoms with Gasteiger partial charge in [-0.15, -0.1) is 0 Å². The van der Waals surface area contributed by atoms with Crippen LogP contribution in [0.2, 0.25) is 0 Å². The lowest BCUT2D eigenvalue weighted by Gasteiger charge is -2.32. The highest BCUT2D eigenvalue weighted by Crippen LogP contribution is 2.26. The summed E-state index contributed by atoms with van der Waals surface area (Å²) in [6.07, 6.45) is 1.49. The second-order valence-corrected chi connectivity index (χ2v) is 7.12. The maximum atomic E-state index is 13.0. The summed E-state index contributed by atoms with van der Waals surface area (Å²) >= 11 is 0. The van der Waals surface area contributed by atoms with Gasteiger partial charge in [0.25, 0.3) is 0 Å². The lowest BCUT2D eigenvalue weighted by atomic mass is 10.0. The first-order valence-corrected chi connectivity index (χ1v) is 9.53. The summed E-state index contributed by atoms with van der Waals surface area (Å²) in [5.41, 5.74) is 2.31. The summed E-state index contributed by atoms with van der Waals surface area (Å²) in [5, 5.41) is 13.0. The van der Waals surface area contributed by atoms with Crippen LogP contribution in [0.4, 0.5) is 0 Å². The van der Waals surface area contributed by atoms with Crippen molar-refractivity contribution in [2.75, 3.05) is 32.7 Å². The first-order chi connectivity index (χ1) is 13.2. The van der Waals surface area contributed by atoms with Crippen molar-refractivity contribution >= 4 is 11.0 Å². The first kappa shape index (κ1) is 17.8. The van der Waals surface area contributed by atoms with E-state index in [0.29, 0.717) is 28.6 Å². The van der Waals surface area contributed by atoms with Crippen LogP contribution in [-0.4, -0.2) is 37.6 Å². The van der Waals surface area contributed by atoms with Crippen LogP contribution in [-0.2, 0) is 6.54 Å². The number of fused-ring (bicyclic) bond motifs is 1. The van der Waals surface area contributed by atoms with E-state index in [1.165, 1.54) is 17.2 Å². The second kappa shape index (κ2) is 7.55. The number of quaternary nitrogens is 1. The van der Waals surface area contributed by atoms with E-state index in [9.17, 15) is 9.90 Å². The number of piperazine rings is 1. The largest absolute Gasteiger partial charge is 0.872 e. The number of rotatable bonds is 4. The Morgan fingerprint density at radius 1 is 1.11 bits per heavy atom. The van der Waals surface area contributed by atoms with Crippen molar-refractivity contribution in [3.63, 3.8) is 0 Å². The molecule has 1 aliphatic heterocycles. The van der Waals surface area contributed by atoms with E-state index in [2.05, 4.69) is 11.8 Å². The average molecular weight is 364 g/mol. The summed E-state index contributed by atoms with van der Waals surface area (Å²) in [7, 11) is 0. The minimum absolute atomic E-state index is 0.0523. The van der Waals surface area contributed by atoms with Crippen LogP contribution < -0.4 is 15.4 Å². The summed E-state index contributed by atoms with van der Waals surface area (Å²) < 4.78 is 5.85. The molecule has 0 spiro atoms. The molecule has 1 aliphatic rings. The van der Waals surface area contributed by atoms with Crippen molar-refractivity contribution in [3.05, 3.63) is 64.5 Å². The van der Waals surface area contributed by atoms with E-state index in [1.807, 2.05) is 30.3 Å². The fourth-order valence-corrected chi connectivity index (χ4v) is 3.84. The molecule has 1 N–H and O–H groups in total. The predicted molar refractivity (Wildman–Crippen MR) is 104 cm³/mol. The zero-order valence-corrected chi connectivity index (χ0v) is 15.5. The van der Waals surface area contributed by atoms with Gasteiger partial charge in [-0.25, -0.2) is 0 Å². The molecule has 0 aliphatic carbocycles. The standard InChI is InChI=1S/C22H24N2O3/c1-2-23-10-12-24(13-11-23)14-18-20(25)9-8-17-21(26)19(15-27-22(17)18)16-6-4-3-5-7-16/h3-9,15,25H,2,10-14H2,1H3. The van der Waals surface area contributed by atoms with Crippen LogP contribution in [0.5, 0.6) is 5.75 Å². The van der Waals surface area contributed by atoms with Crippen LogP contribution in [0.1, 0.15) is 12.5 Å². The lowest BCUT2D eigenvalue weighted by molar-refractivity contribution is -0.918. The summed E-state index contributed by atoms with van der Waals surface area (Å²) in [6, 6.07) is 12.6. The maximum absolute atomic E-state index is 13.0. The Bertz CT molecular complexity index is 990. The fraction of sp³-hybridized carbons (Fsp3) is 0.318. The Hall–Kier alpha value is -2.63. The van der Waals surface area contributed by atoms with Gasteiger partial charge in [0.1, 0.15) is 18.4 Å². The van der Waals surface area contributed by atoms with E-state index < -0.39 is 0 Å². The highest BCUT2D eigenvalue weighted by Gasteiger charge is 2.21. The molecular formula is C22H24N2O3. The third-order valence-electron chi connectivity index (χ3n) is 5.52. The van der Waals surface area contributed by atoms with Crippen molar-refractivity contribution in [1.29, 1.82) is 0 Å². The zero-order chi connectivity index (χ0) is 18.8. The molecule has 1 saturated heterocycles. The van der Waals surface area contributed by atoms with Crippen LogP contribution >= 0.6 is 0 Å². The number of hydrogen-bond acceptors (Lipinski definition) is 4. The van der Waals surface area contributed by atoms with Gasteiger partial charge in [-0.1, -0.05) is 49.1 Å². The van der Waals surface area contributed by atoms with Crippen molar-refractivity contribution in [2.24, 2.45) is 0 Å². The monoisotopic (exact) mass is 364 g/mol. The van der Waals surface area contributed by atoms with Crippen molar-refractivity contribution < 1.29 is 14.4 Å². The first-order valence-electron chi connectivity index (χ1n) is 9.53. The molecule has 0 amide bonds. The summed E-state index contributed by atoms with van der Waals surface area (Å²) in [4.78, 5) is 16.8. The fourth-order valence-electron chi connectivity index (χ4n) is 3.84. The quantitative estimate of drug-likeness (QED) is 0.757. The zero-order valence-electron chi connectivity index (χ0n) is 15.5. The van der Waals surface area contributed by atoms with E-state index in [0.717, 1.165) is 38.3 Å². The topological polar surface area (TPSA) is 61.0 Å². The molecule has 0 saturated carbocycles. The molecule has 0 bridgehead atoms. The normalized spacial score (nSPS) is 16.0. The van der Waals surface area contributed by atoms with Gasteiger partial charge in [-0.2, -0.15) is 0 Å². The minimum atomic E-state index is -0.0884. The third kappa shape index (κ3) is 3.48. The Balaban J connectivity index is 1.70. The number of nitrogens with one attached hydrogen (secondary N) is 1. The molecule has 0 atom stereocenters. The molecule has 2 aromatic carbocycles. The molecule has 0 unspecified atom stereocenters. The highest BCUT2D eigenvalue weighted by atomic mass is 16.3. The van der Waals surface area contributed by atoms with Crippen molar-refractivity contribution in [3.8, 4) is 16.9 Å². The van der Waals surface area contributed by atoms with Gasteiger partial charge in [0.05, 0.1) is 24.0 Å². The number of nitrogens with zero attached hydrogens (tertiary/aromatic N) is 1. The van der Waals surface area contributed by atoms with E-state index in [1.54, 1.807) is 6.07 Å². The molecular weight excluding hydrogens is 340 g/mol. The van der Waals surface area contributed by atoms with Gasteiger partial charge in [0.15, 0.2) is 0 Å². The predicted octanol–water partition coefficient (Wildman–Crippen LogP) is 1.25. The van der Waals surface area contributed by atoms with Gasteiger partial charge in [0.2, 0.25) is 5.43 Å². The molecule has 2 heterocycles. The van der Waals surface area contributed by atoms with Crippen LogP contribution in [0.3, 0.4) is 0 Å². The minimum Gasteiger partial charge on any atom is -0.872 e. The van der Waals surface area contributed by atoms with Crippen LogP contribution in [0, 0.1) is 0 Å². The Labute approximate surface area is 158 Å². The van der Waals surface area contributed by atoms with E-state index in [4.69, 9.17) is 4.42 Å². The summed E-state index contributed by atoms with van der Waals surface area (Å²) in [6.45, 7) is 7.89.